The molecule has 0 bridgehead atoms. The summed E-state index contributed by atoms with van der Waals surface area (Å²) in [4.78, 5) is 0. The van der Waals surface area contributed by atoms with Gasteiger partial charge in [-0.2, -0.15) is 0 Å². The number of ether oxygens (including phenoxy) is 3. The number of unbranched alkanes of at least 4 members (excludes halogenated alkanes) is 7. The smallest absolute Gasteiger partial charge is 0.285 e. The molecule has 6 heteroatoms. The zero-order valence-electron chi connectivity index (χ0n) is 19.1. The summed E-state index contributed by atoms with van der Waals surface area (Å²) in [6, 6.07) is 2.15. The molecule has 1 atom stereocenters. The van der Waals surface area contributed by atoms with Crippen molar-refractivity contribution in [1.29, 1.82) is 0 Å². The van der Waals surface area contributed by atoms with Gasteiger partial charge in [0.15, 0.2) is 17.5 Å². The molecule has 1 aromatic carbocycles. The number of rotatable bonds is 17. The Morgan fingerprint density at radius 1 is 0.733 bits per heavy atom. The predicted molar refractivity (Wildman–Crippen MR) is 114 cm³/mol. The van der Waals surface area contributed by atoms with Crippen molar-refractivity contribution < 1.29 is 27.4 Å². The standard InChI is InChI=1S/C24H39F3O3/c1-5-6-7-8-9-12-15-20(24(28-2,29-3)30-4)16-13-10-11-14-19-17-21(25)23(27)22(26)18-19/h17-18,20H,5-16H2,1-4H3. The minimum Gasteiger partial charge on any atom is -0.331 e. The van der Waals surface area contributed by atoms with Gasteiger partial charge in [-0.05, 0) is 43.4 Å². The largest absolute Gasteiger partial charge is 0.331 e. The number of benzene rings is 1. The SMILES string of the molecule is CCCCCCCCC(CCCCCc1cc(F)c(F)c(F)c1)C(OC)(OC)OC. The zero-order valence-corrected chi connectivity index (χ0v) is 19.1. The highest BCUT2D eigenvalue weighted by Gasteiger charge is 2.39. The van der Waals surface area contributed by atoms with E-state index in [1.807, 2.05) is 0 Å². The van der Waals surface area contributed by atoms with Gasteiger partial charge in [-0.25, -0.2) is 13.2 Å². The van der Waals surface area contributed by atoms with Crippen LogP contribution in [0.1, 0.15) is 83.1 Å². The van der Waals surface area contributed by atoms with Crippen LogP contribution in [0.2, 0.25) is 0 Å². The first-order valence-electron chi connectivity index (χ1n) is 11.2. The first-order chi connectivity index (χ1) is 14.4. The molecule has 1 aromatic rings. The lowest BCUT2D eigenvalue weighted by molar-refractivity contribution is -0.380. The van der Waals surface area contributed by atoms with Crippen molar-refractivity contribution in [2.24, 2.45) is 5.92 Å². The summed E-state index contributed by atoms with van der Waals surface area (Å²) in [7, 11) is 4.79. The van der Waals surface area contributed by atoms with Crippen LogP contribution >= 0.6 is 0 Å². The number of aryl methyl sites for hydroxylation is 1. The van der Waals surface area contributed by atoms with Gasteiger partial charge in [0, 0.05) is 27.2 Å². The summed E-state index contributed by atoms with van der Waals surface area (Å²) >= 11 is 0. The molecular weight excluding hydrogens is 393 g/mol. The average molecular weight is 433 g/mol. The van der Waals surface area contributed by atoms with E-state index < -0.39 is 23.4 Å². The van der Waals surface area contributed by atoms with Crippen LogP contribution in [0.4, 0.5) is 13.2 Å². The topological polar surface area (TPSA) is 27.7 Å². The van der Waals surface area contributed by atoms with Gasteiger partial charge in [0.25, 0.3) is 5.97 Å². The predicted octanol–water partition coefficient (Wildman–Crippen LogP) is 7.17. The first kappa shape index (κ1) is 26.9. The molecule has 0 saturated carbocycles. The fourth-order valence-electron chi connectivity index (χ4n) is 4.07. The Morgan fingerprint density at radius 2 is 1.20 bits per heavy atom. The molecule has 30 heavy (non-hydrogen) atoms. The Kier molecular flexibility index (Phi) is 13.3. The minimum absolute atomic E-state index is 0.101. The summed E-state index contributed by atoms with van der Waals surface area (Å²) in [6.45, 7) is 2.21. The molecule has 0 saturated heterocycles. The highest BCUT2D eigenvalue weighted by molar-refractivity contribution is 5.19. The summed E-state index contributed by atoms with van der Waals surface area (Å²) in [5, 5.41) is 0. The number of halogens is 3. The molecule has 0 amide bonds. The minimum atomic E-state index is -1.41. The maximum atomic E-state index is 13.3. The summed E-state index contributed by atoms with van der Waals surface area (Å²) in [5.74, 6) is -4.62. The van der Waals surface area contributed by atoms with Gasteiger partial charge in [-0.3, -0.25) is 0 Å². The molecule has 0 aromatic heterocycles. The molecule has 1 unspecified atom stereocenters. The van der Waals surface area contributed by atoms with E-state index in [1.54, 1.807) is 21.3 Å². The van der Waals surface area contributed by atoms with Crippen LogP contribution in [0.3, 0.4) is 0 Å². The Bertz CT molecular complexity index is 560. The second-order valence-electron chi connectivity index (χ2n) is 7.94. The normalized spacial score (nSPS) is 13.0. The molecule has 0 heterocycles. The number of methoxy groups -OCH3 is 3. The maximum absolute atomic E-state index is 13.3. The van der Waals surface area contributed by atoms with Crippen molar-refractivity contribution in [3.8, 4) is 0 Å². The molecule has 0 fully saturated rings. The van der Waals surface area contributed by atoms with Gasteiger partial charge in [0.2, 0.25) is 0 Å². The monoisotopic (exact) mass is 432 g/mol. The molecule has 0 aliphatic carbocycles. The quantitative estimate of drug-likeness (QED) is 0.148. The van der Waals surface area contributed by atoms with Gasteiger partial charge in [0.1, 0.15) is 0 Å². The third kappa shape index (κ3) is 8.56. The van der Waals surface area contributed by atoms with Crippen LogP contribution in [-0.2, 0) is 20.6 Å². The Balaban J connectivity index is 2.50. The molecule has 1 rings (SSSR count). The van der Waals surface area contributed by atoms with Gasteiger partial charge in [-0.15, -0.1) is 0 Å². The average Bonchev–Trinajstić information content (AvgIpc) is 2.75. The van der Waals surface area contributed by atoms with Crippen molar-refractivity contribution in [3.63, 3.8) is 0 Å². The van der Waals surface area contributed by atoms with E-state index in [0.29, 0.717) is 12.0 Å². The number of hydrogen-bond acceptors (Lipinski definition) is 3. The van der Waals surface area contributed by atoms with Gasteiger partial charge < -0.3 is 14.2 Å². The molecule has 0 spiro atoms. The van der Waals surface area contributed by atoms with Crippen molar-refractivity contribution >= 4 is 0 Å². The summed E-state index contributed by atoms with van der Waals surface area (Å²) in [6.07, 6.45) is 12.2. The van der Waals surface area contributed by atoms with Crippen LogP contribution in [0, 0.1) is 23.4 Å². The molecule has 0 aliphatic rings. The fourth-order valence-corrected chi connectivity index (χ4v) is 4.07. The van der Waals surface area contributed by atoms with Crippen molar-refractivity contribution in [2.75, 3.05) is 21.3 Å². The van der Waals surface area contributed by atoms with Crippen LogP contribution in [0.5, 0.6) is 0 Å². The molecule has 174 valence electrons. The van der Waals surface area contributed by atoms with Crippen molar-refractivity contribution in [2.45, 2.75) is 89.9 Å². The third-order valence-corrected chi connectivity index (χ3v) is 5.82. The van der Waals surface area contributed by atoms with Crippen LogP contribution < -0.4 is 0 Å². The van der Waals surface area contributed by atoms with Crippen LogP contribution in [-0.4, -0.2) is 27.3 Å². The number of hydrogen-bond donors (Lipinski definition) is 0. The summed E-state index contributed by atoms with van der Waals surface area (Å²) in [5.41, 5.74) is 0.482. The lowest BCUT2D eigenvalue weighted by Crippen LogP contribution is -2.44. The maximum Gasteiger partial charge on any atom is 0.285 e. The third-order valence-electron chi connectivity index (χ3n) is 5.82. The highest BCUT2D eigenvalue weighted by atomic mass is 19.2. The van der Waals surface area contributed by atoms with Gasteiger partial charge >= 0.3 is 0 Å². The van der Waals surface area contributed by atoms with Crippen molar-refractivity contribution in [1.82, 2.24) is 0 Å². The molecule has 3 nitrogen and oxygen atoms in total. The van der Waals surface area contributed by atoms with E-state index in [2.05, 4.69) is 6.92 Å². The van der Waals surface area contributed by atoms with Crippen LogP contribution in [0.25, 0.3) is 0 Å². The van der Waals surface area contributed by atoms with E-state index in [-0.39, 0.29) is 5.92 Å². The molecular formula is C24H39F3O3. The van der Waals surface area contributed by atoms with E-state index in [9.17, 15) is 13.2 Å². The van der Waals surface area contributed by atoms with E-state index in [0.717, 1.165) is 50.7 Å². The second kappa shape index (κ2) is 14.8. The lowest BCUT2D eigenvalue weighted by Gasteiger charge is -2.36. The first-order valence-corrected chi connectivity index (χ1v) is 11.2. The Labute approximate surface area is 180 Å². The molecule has 0 N–H and O–H groups in total. The fraction of sp³-hybridized carbons (Fsp3) is 0.750. The zero-order chi connectivity index (χ0) is 22.4. The highest BCUT2D eigenvalue weighted by Crippen LogP contribution is 2.33. The molecule has 0 radical (unpaired) electrons. The molecule has 0 aliphatic heterocycles. The van der Waals surface area contributed by atoms with Gasteiger partial charge in [0.05, 0.1) is 0 Å². The van der Waals surface area contributed by atoms with Gasteiger partial charge in [-0.1, -0.05) is 58.3 Å². The van der Waals surface area contributed by atoms with E-state index >= 15 is 0 Å². The van der Waals surface area contributed by atoms with E-state index in [1.165, 1.54) is 32.1 Å². The summed E-state index contributed by atoms with van der Waals surface area (Å²) < 4.78 is 56.5. The Morgan fingerprint density at radius 3 is 1.70 bits per heavy atom. The van der Waals surface area contributed by atoms with E-state index in [4.69, 9.17) is 14.2 Å². The second-order valence-corrected chi connectivity index (χ2v) is 7.94. The van der Waals surface area contributed by atoms with Crippen molar-refractivity contribution in [3.05, 3.63) is 35.1 Å². The Hall–Kier alpha value is -1.11. The lowest BCUT2D eigenvalue weighted by atomic mass is 9.91. The van der Waals surface area contributed by atoms with Crippen LogP contribution in [0.15, 0.2) is 12.1 Å².